The first-order valence-corrected chi connectivity index (χ1v) is 11.4. The number of piperazine rings is 1. The van der Waals surface area contributed by atoms with E-state index < -0.39 is 0 Å². The number of fused-ring (bicyclic) bond motifs is 1. The quantitative estimate of drug-likeness (QED) is 0.557. The lowest BCUT2D eigenvalue weighted by atomic mass is 9.96. The van der Waals surface area contributed by atoms with Gasteiger partial charge in [-0.25, -0.2) is 5.01 Å². The molecule has 1 fully saturated rings. The first-order valence-electron chi connectivity index (χ1n) is 11.4. The lowest BCUT2D eigenvalue weighted by molar-refractivity contribution is 0.0741. The Bertz CT molecular complexity index is 1180. The van der Waals surface area contributed by atoms with Crippen LogP contribution in [-0.2, 0) is 6.54 Å². The van der Waals surface area contributed by atoms with Gasteiger partial charge in [0, 0.05) is 50.9 Å². The molecule has 1 aliphatic rings. The van der Waals surface area contributed by atoms with Gasteiger partial charge in [0.25, 0.3) is 5.91 Å². The third-order valence-electron chi connectivity index (χ3n) is 5.67. The largest absolute Gasteiger partial charge is 0.304 e. The number of nitrogens with one attached hydrogen (secondary N) is 1. The summed E-state index contributed by atoms with van der Waals surface area (Å²) in [5, 5.41) is 15.1. The van der Waals surface area contributed by atoms with Crippen LogP contribution in [0.5, 0.6) is 0 Å². The van der Waals surface area contributed by atoms with Gasteiger partial charge < -0.3 is 4.90 Å². The second-order valence-corrected chi connectivity index (χ2v) is 9.92. The molecule has 4 rings (SSSR count). The molecule has 0 radical (unpaired) electrons. The van der Waals surface area contributed by atoms with Gasteiger partial charge in [-0.1, -0.05) is 32.9 Å². The van der Waals surface area contributed by atoms with Gasteiger partial charge in [-0.15, -0.1) is 0 Å². The van der Waals surface area contributed by atoms with Crippen molar-refractivity contribution >= 4 is 17.5 Å². The molecule has 10 nitrogen and oxygen atoms in total. The van der Waals surface area contributed by atoms with Crippen LogP contribution >= 0.6 is 0 Å². The first kappa shape index (κ1) is 23.6. The molecule has 3 heterocycles. The highest BCUT2D eigenvalue weighted by Crippen LogP contribution is 2.19. The van der Waals surface area contributed by atoms with Crippen LogP contribution in [0, 0.1) is 16.7 Å². The standard InChI is InChI=1S/C24H31N9O/c1-24(2,3)17-32(29-23-28-20(15-25)27-21-9-10-26-33(21)23)22(34)19-7-5-18(6-8-19)16-31-13-11-30(4)12-14-31/h5-10H,11-14,16-17H2,1-4H3,(H,27,28,29). The lowest BCUT2D eigenvalue weighted by Gasteiger charge is -2.32. The molecule has 1 N–H and O–H groups in total. The van der Waals surface area contributed by atoms with E-state index in [1.165, 1.54) is 15.1 Å². The van der Waals surface area contributed by atoms with Crippen LogP contribution in [0.2, 0.25) is 0 Å². The number of rotatable bonds is 6. The van der Waals surface area contributed by atoms with E-state index >= 15 is 0 Å². The van der Waals surface area contributed by atoms with Crippen LogP contribution in [0.25, 0.3) is 5.65 Å². The highest BCUT2D eigenvalue weighted by Gasteiger charge is 2.24. The van der Waals surface area contributed by atoms with E-state index in [4.69, 9.17) is 0 Å². The molecular weight excluding hydrogens is 430 g/mol. The highest BCUT2D eigenvalue weighted by atomic mass is 16.2. The van der Waals surface area contributed by atoms with Crippen LogP contribution < -0.4 is 5.43 Å². The predicted octanol–water partition coefficient (Wildman–Crippen LogP) is 2.26. The number of benzene rings is 1. The van der Waals surface area contributed by atoms with Crippen molar-refractivity contribution in [3.8, 4) is 6.07 Å². The predicted molar refractivity (Wildman–Crippen MR) is 129 cm³/mol. The number of nitriles is 1. The van der Waals surface area contributed by atoms with Gasteiger partial charge in [-0.2, -0.15) is 24.8 Å². The van der Waals surface area contributed by atoms with Crippen molar-refractivity contribution in [3.63, 3.8) is 0 Å². The number of hydrogen-bond donors (Lipinski definition) is 1. The van der Waals surface area contributed by atoms with Gasteiger partial charge in [-0.3, -0.25) is 15.1 Å². The Morgan fingerprint density at radius 3 is 2.47 bits per heavy atom. The normalized spacial score (nSPS) is 15.3. The van der Waals surface area contributed by atoms with E-state index in [0.29, 0.717) is 17.8 Å². The monoisotopic (exact) mass is 461 g/mol. The number of nitrogens with zero attached hydrogens (tertiary/aromatic N) is 8. The Morgan fingerprint density at radius 1 is 1.12 bits per heavy atom. The minimum absolute atomic E-state index is 0.00640. The SMILES string of the molecule is CN1CCN(Cc2ccc(C(=O)N(CC(C)(C)C)Nc3nc(C#N)nc4ccnn34)cc2)CC1. The van der Waals surface area contributed by atoms with Crippen LogP contribution in [-0.4, -0.2) is 80.1 Å². The van der Waals surface area contributed by atoms with Crippen molar-refractivity contribution in [2.45, 2.75) is 27.3 Å². The summed E-state index contributed by atoms with van der Waals surface area (Å²) < 4.78 is 1.48. The van der Waals surface area contributed by atoms with Crippen molar-refractivity contribution in [2.75, 3.05) is 45.2 Å². The zero-order chi connectivity index (χ0) is 24.3. The number of aromatic nitrogens is 4. The first-order chi connectivity index (χ1) is 16.2. The maximum Gasteiger partial charge on any atom is 0.272 e. The second kappa shape index (κ2) is 9.75. The minimum Gasteiger partial charge on any atom is -0.304 e. The van der Waals surface area contributed by atoms with Crippen LogP contribution in [0.1, 0.15) is 42.5 Å². The Labute approximate surface area is 199 Å². The minimum atomic E-state index is -0.182. The van der Waals surface area contributed by atoms with Crippen molar-refractivity contribution in [2.24, 2.45) is 5.41 Å². The molecule has 1 aromatic carbocycles. The van der Waals surface area contributed by atoms with Crippen molar-refractivity contribution in [1.82, 2.24) is 34.4 Å². The topological polar surface area (TPSA) is 106 Å². The molecule has 178 valence electrons. The van der Waals surface area contributed by atoms with Crippen molar-refractivity contribution in [1.29, 1.82) is 5.26 Å². The fraction of sp³-hybridized carbons (Fsp3) is 0.458. The number of anilines is 1. The number of hydrazine groups is 1. The molecule has 1 saturated heterocycles. The zero-order valence-corrected chi connectivity index (χ0v) is 20.2. The molecule has 0 bridgehead atoms. The number of amides is 1. The summed E-state index contributed by atoms with van der Waals surface area (Å²) in [4.78, 5) is 26.6. The van der Waals surface area contributed by atoms with E-state index in [9.17, 15) is 10.1 Å². The molecule has 0 aliphatic carbocycles. The van der Waals surface area contributed by atoms with Gasteiger partial charge in [0.15, 0.2) is 5.65 Å². The highest BCUT2D eigenvalue weighted by molar-refractivity contribution is 5.94. The maximum atomic E-state index is 13.5. The molecule has 1 amide bonds. The molecule has 1 aliphatic heterocycles. The summed E-state index contributed by atoms with van der Waals surface area (Å²) in [6.07, 6.45) is 1.57. The summed E-state index contributed by atoms with van der Waals surface area (Å²) in [6.45, 7) is 11.7. The smallest absolute Gasteiger partial charge is 0.272 e. The average Bonchev–Trinajstić information content (AvgIpc) is 3.28. The molecule has 34 heavy (non-hydrogen) atoms. The van der Waals surface area contributed by atoms with Gasteiger partial charge in [0.1, 0.15) is 6.07 Å². The molecular formula is C24H31N9O. The van der Waals surface area contributed by atoms with Gasteiger partial charge in [0.2, 0.25) is 11.8 Å². The molecule has 2 aromatic heterocycles. The Balaban J connectivity index is 1.54. The van der Waals surface area contributed by atoms with E-state index in [2.05, 4.69) is 58.1 Å². The maximum absolute atomic E-state index is 13.5. The lowest BCUT2D eigenvalue weighted by Crippen LogP contribution is -2.44. The summed E-state index contributed by atoms with van der Waals surface area (Å²) in [7, 11) is 2.15. The molecule has 0 spiro atoms. The Kier molecular flexibility index (Phi) is 6.77. The van der Waals surface area contributed by atoms with Gasteiger partial charge in [0.05, 0.1) is 6.20 Å². The Morgan fingerprint density at radius 2 is 1.82 bits per heavy atom. The summed E-state index contributed by atoms with van der Waals surface area (Å²) in [5.74, 6) is 0.0845. The van der Waals surface area contributed by atoms with E-state index in [-0.39, 0.29) is 23.1 Å². The molecule has 0 atom stereocenters. The van der Waals surface area contributed by atoms with Crippen LogP contribution in [0.15, 0.2) is 36.5 Å². The third kappa shape index (κ3) is 5.68. The number of carbonyl (C=O) groups excluding carboxylic acids is 1. The summed E-state index contributed by atoms with van der Waals surface area (Å²) >= 11 is 0. The van der Waals surface area contributed by atoms with E-state index in [1.54, 1.807) is 12.3 Å². The third-order valence-corrected chi connectivity index (χ3v) is 5.67. The fourth-order valence-electron chi connectivity index (χ4n) is 3.88. The molecule has 10 heteroatoms. The second-order valence-electron chi connectivity index (χ2n) is 9.92. The summed E-state index contributed by atoms with van der Waals surface area (Å²) in [6, 6.07) is 11.4. The number of hydrogen-bond acceptors (Lipinski definition) is 8. The van der Waals surface area contributed by atoms with Crippen LogP contribution in [0.4, 0.5) is 5.95 Å². The Hall–Kier alpha value is -3.55. The fourth-order valence-corrected chi connectivity index (χ4v) is 3.88. The van der Waals surface area contributed by atoms with Gasteiger partial charge in [-0.05, 0) is 30.2 Å². The molecule has 3 aromatic rings. The van der Waals surface area contributed by atoms with Crippen LogP contribution in [0.3, 0.4) is 0 Å². The van der Waals surface area contributed by atoms with E-state index in [1.807, 2.05) is 30.3 Å². The summed E-state index contributed by atoms with van der Waals surface area (Å²) in [5.41, 5.74) is 5.14. The molecule has 0 unspecified atom stereocenters. The van der Waals surface area contributed by atoms with Crippen molar-refractivity contribution < 1.29 is 4.79 Å². The molecule has 0 saturated carbocycles. The average molecular weight is 462 g/mol. The number of likely N-dealkylation sites (N-methyl/N-ethyl adjacent to an activating group) is 1. The zero-order valence-electron chi connectivity index (χ0n) is 20.2. The van der Waals surface area contributed by atoms with Gasteiger partial charge >= 0.3 is 0 Å². The number of carbonyl (C=O) groups is 1. The van der Waals surface area contributed by atoms with Crippen molar-refractivity contribution in [3.05, 3.63) is 53.5 Å². The van der Waals surface area contributed by atoms with E-state index in [0.717, 1.165) is 32.7 Å².